The van der Waals surface area contributed by atoms with Crippen LogP contribution in [0.2, 0.25) is 0 Å². The molecule has 0 aliphatic rings. The van der Waals surface area contributed by atoms with Gasteiger partial charge in [0.2, 0.25) is 0 Å². The van der Waals surface area contributed by atoms with E-state index in [1.165, 1.54) is 0 Å². The summed E-state index contributed by atoms with van der Waals surface area (Å²) in [5.41, 5.74) is 6.41. The molecule has 0 amide bonds. The molecule has 0 saturated carbocycles. The highest BCUT2D eigenvalue weighted by atomic mass is 16.5. The quantitative estimate of drug-likeness (QED) is 0.806. The van der Waals surface area contributed by atoms with E-state index in [9.17, 15) is 0 Å². The summed E-state index contributed by atoms with van der Waals surface area (Å²) in [4.78, 5) is 0. The monoisotopic (exact) mass is 225 g/mol. The maximum absolute atomic E-state index is 5.81. The van der Waals surface area contributed by atoms with Crippen LogP contribution in [0.5, 0.6) is 0 Å². The highest BCUT2D eigenvalue weighted by molar-refractivity contribution is 4.98. The molecule has 4 nitrogen and oxygen atoms in total. The van der Waals surface area contributed by atoms with Gasteiger partial charge in [0.25, 0.3) is 0 Å². The minimum atomic E-state index is -0.235. The molecule has 1 rings (SSSR count). The van der Waals surface area contributed by atoms with Crippen molar-refractivity contribution >= 4 is 0 Å². The summed E-state index contributed by atoms with van der Waals surface area (Å²) >= 11 is 0. The molecule has 1 heterocycles. The fourth-order valence-electron chi connectivity index (χ4n) is 1.30. The van der Waals surface area contributed by atoms with Gasteiger partial charge < -0.3 is 10.5 Å². The molecule has 92 valence electrons. The van der Waals surface area contributed by atoms with Crippen LogP contribution in [0.25, 0.3) is 0 Å². The van der Waals surface area contributed by atoms with Crippen LogP contribution in [-0.2, 0) is 11.3 Å². The van der Waals surface area contributed by atoms with Gasteiger partial charge in [0.15, 0.2) is 0 Å². The van der Waals surface area contributed by atoms with E-state index in [0.29, 0.717) is 19.2 Å². The first-order valence-corrected chi connectivity index (χ1v) is 5.89. The Morgan fingerprint density at radius 3 is 2.69 bits per heavy atom. The van der Waals surface area contributed by atoms with Crippen LogP contribution >= 0.6 is 0 Å². The van der Waals surface area contributed by atoms with Gasteiger partial charge >= 0.3 is 0 Å². The average molecular weight is 225 g/mol. The van der Waals surface area contributed by atoms with E-state index < -0.39 is 0 Å². The highest BCUT2D eigenvalue weighted by Gasteiger charge is 2.20. The molecule has 0 aliphatic heterocycles. The molecule has 1 atom stereocenters. The third-order valence-electron chi connectivity index (χ3n) is 2.94. The molecule has 0 saturated heterocycles. The molecule has 0 aromatic carbocycles. The maximum atomic E-state index is 5.81. The molecule has 0 spiro atoms. The second kappa shape index (κ2) is 5.46. The van der Waals surface area contributed by atoms with Gasteiger partial charge in [0.1, 0.15) is 0 Å². The van der Waals surface area contributed by atoms with E-state index >= 15 is 0 Å². The van der Waals surface area contributed by atoms with E-state index in [-0.39, 0.29) is 5.60 Å². The van der Waals surface area contributed by atoms with Crippen LogP contribution in [0.1, 0.15) is 45.9 Å². The fraction of sp³-hybridized carbons (Fsp3) is 0.750. The summed E-state index contributed by atoms with van der Waals surface area (Å²) < 4.78 is 7.74. The van der Waals surface area contributed by atoms with Gasteiger partial charge in [-0.15, -0.1) is 0 Å². The van der Waals surface area contributed by atoms with E-state index in [1.54, 1.807) is 0 Å². The topological polar surface area (TPSA) is 53.1 Å². The Labute approximate surface area is 97.8 Å². The first-order chi connectivity index (χ1) is 7.50. The molecule has 16 heavy (non-hydrogen) atoms. The Morgan fingerprint density at radius 2 is 2.25 bits per heavy atom. The van der Waals surface area contributed by atoms with Crippen LogP contribution in [-0.4, -0.2) is 21.9 Å². The largest absolute Gasteiger partial charge is 0.368 e. The summed E-state index contributed by atoms with van der Waals surface area (Å²) in [7, 11) is 0. The molecule has 1 aromatic heterocycles. The van der Waals surface area contributed by atoms with Crippen LogP contribution < -0.4 is 5.73 Å². The molecular weight excluding hydrogens is 202 g/mol. The minimum Gasteiger partial charge on any atom is -0.368 e. The lowest BCUT2D eigenvalue weighted by Gasteiger charge is -2.26. The Kier molecular flexibility index (Phi) is 4.50. The molecule has 4 heteroatoms. The smallest absolute Gasteiger partial charge is 0.0914 e. The zero-order valence-corrected chi connectivity index (χ0v) is 10.7. The van der Waals surface area contributed by atoms with Crippen molar-refractivity contribution in [2.45, 2.75) is 52.4 Å². The van der Waals surface area contributed by atoms with E-state index in [2.05, 4.69) is 25.9 Å². The average Bonchev–Trinajstić information content (AvgIpc) is 2.75. The minimum absolute atomic E-state index is 0.235. The molecule has 2 N–H and O–H groups in total. The molecule has 1 aromatic rings. The Hall–Kier alpha value is -0.870. The SMILES string of the molecule is CCC(C)(CN)OCc1ccn(C(C)C)n1. The number of nitrogens with two attached hydrogens (primary N) is 1. The van der Waals surface area contributed by atoms with Crippen LogP contribution in [0, 0.1) is 0 Å². The number of ether oxygens (including phenoxy) is 1. The molecule has 0 bridgehead atoms. The maximum Gasteiger partial charge on any atom is 0.0914 e. The van der Waals surface area contributed by atoms with Gasteiger partial charge in [-0.05, 0) is 33.3 Å². The second-order valence-corrected chi connectivity index (χ2v) is 4.68. The zero-order valence-electron chi connectivity index (χ0n) is 10.7. The van der Waals surface area contributed by atoms with Crippen molar-refractivity contribution in [3.8, 4) is 0 Å². The van der Waals surface area contributed by atoms with E-state index in [0.717, 1.165) is 12.1 Å². The zero-order chi connectivity index (χ0) is 12.2. The van der Waals surface area contributed by atoms with E-state index in [1.807, 2.05) is 23.9 Å². The van der Waals surface area contributed by atoms with E-state index in [4.69, 9.17) is 10.5 Å². The van der Waals surface area contributed by atoms with Crippen LogP contribution in [0.15, 0.2) is 12.3 Å². The van der Waals surface area contributed by atoms with Gasteiger partial charge in [-0.3, -0.25) is 4.68 Å². The fourth-order valence-corrected chi connectivity index (χ4v) is 1.30. The summed E-state index contributed by atoms with van der Waals surface area (Å²) in [6, 6.07) is 2.38. The Bertz CT molecular complexity index is 316. The molecular formula is C12H23N3O. The summed E-state index contributed by atoms with van der Waals surface area (Å²) in [6.07, 6.45) is 2.89. The van der Waals surface area contributed by atoms with Crippen LogP contribution in [0.4, 0.5) is 0 Å². The number of aromatic nitrogens is 2. The molecule has 0 aliphatic carbocycles. The van der Waals surface area contributed by atoms with Gasteiger partial charge in [-0.25, -0.2) is 0 Å². The predicted molar refractivity (Wildman–Crippen MR) is 65.2 cm³/mol. The first-order valence-electron chi connectivity index (χ1n) is 5.89. The van der Waals surface area contributed by atoms with Crippen molar-refractivity contribution in [2.75, 3.05) is 6.54 Å². The number of hydrogen-bond acceptors (Lipinski definition) is 3. The van der Waals surface area contributed by atoms with Gasteiger partial charge in [-0.1, -0.05) is 6.92 Å². The van der Waals surface area contributed by atoms with Crippen LogP contribution in [0.3, 0.4) is 0 Å². The number of hydrogen-bond donors (Lipinski definition) is 1. The molecule has 1 unspecified atom stereocenters. The lowest BCUT2D eigenvalue weighted by molar-refractivity contribution is -0.0403. The normalized spacial score (nSPS) is 15.4. The summed E-state index contributed by atoms with van der Waals surface area (Å²) in [6.45, 7) is 9.39. The van der Waals surface area contributed by atoms with Gasteiger partial charge in [0.05, 0.1) is 17.9 Å². The van der Waals surface area contributed by atoms with Crippen molar-refractivity contribution in [3.05, 3.63) is 18.0 Å². The predicted octanol–water partition coefficient (Wildman–Crippen LogP) is 2.11. The standard InChI is InChI=1S/C12H23N3O/c1-5-12(4,9-13)16-8-11-6-7-15(14-11)10(2)3/h6-7,10H,5,8-9,13H2,1-4H3. The summed E-state index contributed by atoms with van der Waals surface area (Å²) in [5, 5.41) is 4.43. The first kappa shape index (κ1) is 13.2. The van der Waals surface area contributed by atoms with Crippen molar-refractivity contribution in [2.24, 2.45) is 5.73 Å². The highest BCUT2D eigenvalue weighted by Crippen LogP contribution is 2.15. The molecule has 0 radical (unpaired) electrons. The second-order valence-electron chi connectivity index (χ2n) is 4.68. The lowest BCUT2D eigenvalue weighted by Crippen LogP contribution is -2.36. The van der Waals surface area contributed by atoms with Crippen molar-refractivity contribution in [1.82, 2.24) is 9.78 Å². The molecule has 0 fully saturated rings. The van der Waals surface area contributed by atoms with Crippen molar-refractivity contribution < 1.29 is 4.74 Å². The Balaban J connectivity index is 2.54. The van der Waals surface area contributed by atoms with Crippen molar-refractivity contribution in [1.29, 1.82) is 0 Å². The number of rotatable bonds is 6. The Morgan fingerprint density at radius 1 is 1.56 bits per heavy atom. The third-order valence-corrected chi connectivity index (χ3v) is 2.94. The van der Waals surface area contributed by atoms with Gasteiger partial charge in [-0.2, -0.15) is 5.10 Å². The third kappa shape index (κ3) is 3.32. The summed E-state index contributed by atoms with van der Waals surface area (Å²) in [5.74, 6) is 0. The van der Waals surface area contributed by atoms with Crippen molar-refractivity contribution in [3.63, 3.8) is 0 Å². The number of nitrogens with zero attached hydrogens (tertiary/aromatic N) is 2. The van der Waals surface area contributed by atoms with Gasteiger partial charge in [0, 0.05) is 18.8 Å². The lowest BCUT2D eigenvalue weighted by atomic mass is 10.0.